The average molecular weight is 453 g/mol. The first-order valence-electron chi connectivity index (χ1n) is 11.7. The molecule has 1 aromatic heterocycles. The summed E-state index contributed by atoms with van der Waals surface area (Å²) in [5.41, 5.74) is 1.75. The Labute approximate surface area is 197 Å². The summed E-state index contributed by atoms with van der Waals surface area (Å²) in [4.78, 5) is 34.5. The molecule has 0 unspecified atom stereocenters. The number of hydrogen-bond acceptors (Lipinski definition) is 6. The van der Waals surface area contributed by atoms with Gasteiger partial charge in [0.25, 0.3) is 5.91 Å². The molecule has 1 aliphatic rings. The van der Waals surface area contributed by atoms with Crippen molar-refractivity contribution in [2.24, 2.45) is 5.92 Å². The van der Waals surface area contributed by atoms with E-state index in [0.717, 1.165) is 26.1 Å². The molecule has 1 amide bonds. The average Bonchev–Trinajstić information content (AvgIpc) is 2.82. The van der Waals surface area contributed by atoms with Crippen LogP contribution in [0.1, 0.15) is 49.5 Å². The van der Waals surface area contributed by atoms with E-state index in [0.29, 0.717) is 23.8 Å². The molecule has 1 fully saturated rings. The maximum absolute atomic E-state index is 13.7. The van der Waals surface area contributed by atoms with Crippen molar-refractivity contribution < 1.29 is 14.3 Å². The Kier molecular flexibility index (Phi) is 8.83. The maximum Gasteiger partial charge on any atom is 0.307 e. The number of esters is 1. The van der Waals surface area contributed by atoms with Gasteiger partial charge in [0.1, 0.15) is 5.82 Å². The molecule has 1 saturated heterocycles. The summed E-state index contributed by atoms with van der Waals surface area (Å²) < 4.78 is 4.97. The predicted octanol–water partition coefficient (Wildman–Crippen LogP) is 3.82. The number of methoxy groups -OCH3 is 1. The normalized spacial score (nSPS) is 18.9. The van der Waals surface area contributed by atoms with Crippen LogP contribution in [0.25, 0.3) is 0 Å². The minimum Gasteiger partial charge on any atom is -0.469 e. The van der Waals surface area contributed by atoms with Crippen LogP contribution in [0.4, 0.5) is 5.82 Å². The van der Waals surface area contributed by atoms with Crippen LogP contribution in [0.15, 0.2) is 48.7 Å². The number of piperazine rings is 1. The van der Waals surface area contributed by atoms with Crippen LogP contribution >= 0.6 is 0 Å². The summed E-state index contributed by atoms with van der Waals surface area (Å²) in [5, 5.41) is 3.32. The number of carbonyl (C=O) groups is 2. The number of pyridine rings is 1. The molecule has 178 valence electrons. The number of nitrogens with one attached hydrogen (secondary N) is 1. The standard InChI is InChI=1S/C26H36N4O3/c1-19(2)12-14-28-25-22(11-8-13-27-25)26(32)30-16-15-29(18-21-9-6-5-7-10-21)20(3)23(30)17-24(31)33-4/h5-11,13,19-20,23H,12,14-18H2,1-4H3,(H,27,28)/t20-,23-/m1/s1. The zero-order valence-electron chi connectivity index (χ0n) is 20.2. The predicted molar refractivity (Wildman–Crippen MR) is 130 cm³/mol. The van der Waals surface area contributed by atoms with Gasteiger partial charge in [-0.25, -0.2) is 4.98 Å². The van der Waals surface area contributed by atoms with Crippen molar-refractivity contribution in [2.75, 3.05) is 32.1 Å². The second-order valence-corrected chi connectivity index (χ2v) is 9.05. The zero-order chi connectivity index (χ0) is 23.8. The second-order valence-electron chi connectivity index (χ2n) is 9.05. The van der Waals surface area contributed by atoms with Crippen LogP contribution < -0.4 is 5.32 Å². The highest BCUT2D eigenvalue weighted by molar-refractivity contribution is 5.99. The van der Waals surface area contributed by atoms with Crippen molar-refractivity contribution >= 4 is 17.7 Å². The van der Waals surface area contributed by atoms with Gasteiger partial charge in [0, 0.05) is 38.4 Å². The monoisotopic (exact) mass is 452 g/mol. The van der Waals surface area contributed by atoms with E-state index in [9.17, 15) is 9.59 Å². The van der Waals surface area contributed by atoms with Gasteiger partial charge in [-0.1, -0.05) is 44.2 Å². The molecule has 0 bridgehead atoms. The summed E-state index contributed by atoms with van der Waals surface area (Å²) in [6, 6.07) is 13.6. The van der Waals surface area contributed by atoms with E-state index in [1.54, 1.807) is 12.3 Å². The molecule has 7 heteroatoms. The topological polar surface area (TPSA) is 74.8 Å². The molecular weight excluding hydrogens is 416 g/mol. The van der Waals surface area contributed by atoms with Gasteiger partial charge in [-0.15, -0.1) is 0 Å². The molecule has 0 radical (unpaired) electrons. The van der Waals surface area contributed by atoms with E-state index in [4.69, 9.17) is 4.74 Å². The van der Waals surface area contributed by atoms with Gasteiger partial charge < -0.3 is 15.0 Å². The lowest BCUT2D eigenvalue weighted by Gasteiger charge is -2.46. The number of hydrogen-bond donors (Lipinski definition) is 1. The fourth-order valence-electron chi connectivity index (χ4n) is 4.29. The highest BCUT2D eigenvalue weighted by Gasteiger charge is 2.38. The number of ether oxygens (including phenoxy) is 1. The third-order valence-electron chi connectivity index (χ3n) is 6.31. The van der Waals surface area contributed by atoms with Crippen molar-refractivity contribution in [1.82, 2.24) is 14.8 Å². The van der Waals surface area contributed by atoms with Gasteiger partial charge in [0.15, 0.2) is 0 Å². The number of amides is 1. The van der Waals surface area contributed by atoms with Crippen LogP contribution in [0, 0.1) is 5.92 Å². The van der Waals surface area contributed by atoms with Gasteiger partial charge in [0.05, 0.1) is 25.1 Å². The Hall–Kier alpha value is -2.93. The first kappa shape index (κ1) is 24.7. The Morgan fingerprint density at radius 1 is 1.15 bits per heavy atom. The van der Waals surface area contributed by atoms with Crippen LogP contribution in [0.2, 0.25) is 0 Å². The molecule has 7 nitrogen and oxygen atoms in total. The van der Waals surface area contributed by atoms with Gasteiger partial charge >= 0.3 is 5.97 Å². The second kappa shape index (κ2) is 11.8. The first-order chi connectivity index (χ1) is 15.9. The molecule has 0 spiro atoms. The molecule has 2 aromatic rings. The summed E-state index contributed by atoms with van der Waals surface area (Å²) in [6.07, 6.45) is 2.84. The SMILES string of the molecule is COC(=O)C[C@@H]1[C@@H](C)N(Cc2ccccc2)CCN1C(=O)c1cccnc1NCCC(C)C. The lowest BCUT2D eigenvalue weighted by Crippen LogP contribution is -2.60. The van der Waals surface area contributed by atoms with E-state index in [1.165, 1.54) is 12.7 Å². The third kappa shape index (κ3) is 6.54. The fraction of sp³-hybridized carbons (Fsp3) is 0.500. The van der Waals surface area contributed by atoms with E-state index in [2.05, 4.69) is 48.1 Å². The van der Waals surface area contributed by atoms with E-state index in [1.807, 2.05) is 29.2 Å². The number of rotatable bonds is 9. The number of aromatic nitrogens is 1. The minimum atomic E-state index is -0.312. The largest absolute Gasteiger partial charge is 0.469 e. The zero-order valence-corrected chi connectivity index (χ0v) is 20.2. The van der Waals surface area contributed by atoms with Crippen molar-refractivity contribution in [2.45, 2.75) is 52.2 Å². The van der Waals surface area contributed by atoms with Gasteiger partial charge in [-0.05, 0) is 37.0 Å². The van der Waals surface area contributed by atoms with Crippen molar-refractivity contribution in [1.29, 1.82) is 0 Å². The lowest BCUT2D eigenvalue weighted by atomic mass is 9.97. The minimum absolute atomic E-state index is 0.00368. The summed E-state index contributed by atoms with van der Waals surface area (Å²) in [5.74, 6) is 0.741. The van der Waals surface area contributed by atoms with E-state index < -0.39 is 0 Å². The van der Waals surface area contributed by atoms with E-state index in [-0.39, 0.29) is 30.4 Å². The van der Waals surface area contributed by atoms with Gasteiger partial charge in [-0.2, -0.15) is 0 Å². The maximum atomic E-state index is 13.7. The number of anilines is 1. The Morgan fingerprint density at radius 3 is 2.61 bits per heavy atom. The molecule has 0 saturated carbocycles. The highest BCUT2D eigenvalue weighted by Crippen LogP contribution is 2.26. The smallest absolute Gasteiger partial charge is 0.307 e. The van der Waals surface area contributed by atoms with Crippen LogP contribution in [-0.2, 0) is 16.1 Å². The highest BCUT2D eigenvalue weighted by atomic mass is 16.5. The lowest BCUT2D eigenvalue weighted by molar-refractivity contribution is -0.143. The van der Waals surface area contributed by atoms with Crippen LogP contribution in [0.5, 0.6) is 0 Å². The molecule has 3 rings (SSSR count). The van der Waals surface area contributed by atoms with Crippen molar-refractivity contribution in [3.8, 4) is 0 Å². The molecule has 2 heterocycles. The van der Waals surface area contributed by atoms with Crippen LogP contribution in [-0.4, -0.2) is 65.5 Å². The fourth-order valence-corrected chi connectivity index (χ4v) is 4.29. The number of benzene rings is 1. The Bertz CT molecular complexity index is 919. The first-order valence-corrected chi connectivity index (χ1v) is 11.7. The summed E-state index contributed by atoms with van der Waals surface area (Å²) in [7, 11) is 1.39. The third-order valence-corrected chi connectivity index (χ3v) is 6.31. The van der Waals surface area contributed by atoms with E-state index >= 15 is 0 Å². The quantitative estimate of drug-likeness (QED) is 0.583. The molecule has 1 aromatic carbocycles. The van der Waals surface area contributed by atoms with Crippen molar-refractivity contribution in [3.05, 3.63) is 59.8 Å². The van der Waals surface area contributed by atoms with Gasteiger partial charge in [-0.3, -0.25) is 14.5 Å². The molecule has 33 heavy (non-hydrogen) atoms. The summed E-state index contributed by atoms with van der Waals surface area (Å²) in [6.45, 7) is 9.22. The molecule has 1 N–H and O–H groups in total. The number of carbonyl (C=O) groups excluding carboxylic acids is 2. The Balaban J connectivity index is 1.81. The molecule has 0 aliphatic carbocycles. The molecule has 2 atom stereocenters. The van der Waals surface area contributed by atoms with Crippen molar-refractivity contribution in [3.63, 3.8) is 0 Å². The summed E-state index contributed by atoms with van der Waals surface area (Å²) >= 11 is 0. The molecule has 1 aliphatic heterocycles. The molecular formula is C26H36N4O3. The van der Waals surface area contributed by atoms with Gasteiger partial charge in [0.2, 0.25) is 0 Å². The Morgan fingerprint density at radius 2 is 1.91 bits per heavy atom. The van der Waals surface area contributed by atoms with Crippen LogP contribution in [0.3, 0.4) is 0 Å². The number of nitrogens with zero attached hydrogens (tertiary/aromatic N) is 3.